The summed E-state index contributed by atoms with van der Waals surface area (Å²) < 4.78 is 27.8. The van der Waals surface area contributed by atoms with Gasteiger partial charge in [-0.15, -0.1) is 0 Å². The summed E-state index contributed by atoms with van der Waals surface area (Å²) in [6, 6.07) is 19.1. The molecule has 0 spiro atoms. The van der Waals surface area contributed by atoms with Crippen LogP contribution in [0.1, 0.15) is 45.3 Å². The van der Waals surface area contributed by atoms with Crippen LogP contribution < -0.4 is 25.9 Å². The predicted molar refractivity (Wildman–Crippen MR) is 142 cm³/mol. The molecule has 0 amide bonds. The summed E-state index contributed by atoms with van der Waals surface area (Å²) in [7, 11) is 0. The van der Waals surface area contributed by atoms with Gasteiger partial charge in [0.15, 0.2) is 0 Å². The Labute approximate surface area is 206 Å². The Balaban J connectivity index is 1.49. The molecule has 0 atom stereocenters. The van der Waals surface area contributed by atoms with Crippen LogP contribution in [0.15, 0.2) is 65.1 Å². The molecule has 0 saturated carbocycles. The highest BCUT2D eigenvalue weighted by atomic mass is 16.5. The Morgan fingerprint density at radius 1 is 0.829 bits per heavy atom. The molecule has 0 fully saturated rings. The first-order valence-electron chi connectivity index (χ1n) is 13.0. The lowest BCUT2D eigenvalue weighted by atomic mass is 9.34. The van der Waals surface area contributed by atoms with Gasteiger partial charge in [-0.3, -0.25) is 0 Å². The lowest BCUT2D eigenvalue weighted by Crippen LogP contribution is -2.57. The summed E-state index contributed by atoms with van der Waals surface area (Å²) in [5.41, 5.74) is 9.23. The monoisotopic (exact) mass is 457 g/mol. The van der Waals surface area contributed by atoms with E-state index in [9.17, 15) is 0 Å². The first-order valence-corrected chi connectivity index (χ1v) is 12.5. The van der Waals surface area contributed by atoms with Crippen LogP contribution in [-0.2, 0) is 18.3 Å². The Morgan fingerprint density at radius 2 is 1.60 bits per heavy atom. The van der Waals surface area contributed by atoms with E-state index in [4.69, 9.17) is 15.3 Å². The zero-order valence-corrected chi connectivity index (χ0v) is 20.1. The Bertz CT molecular complexity index is 1760. The zero-order valence-electron chi connectivity index (χ0n) is 21.1. The van der Waals surface area contributed by atoms with E-state index >= 15 is 0 Å². The fraction of sp³-hybridized carbons (Fsp3) is 0.226. The van der Waals surface area contributed by atoms with Gasteiger partial charge >= 0.3 is 0 Å². The van der Waals surface area contributed by atoms with Gasteiger partial charge in [-0.25, -0.2) is 0 Å². The maximum Gasteiger partial charge on any atom is 0.261 e. The number of ether oxygens (including phenoxy) is 2. The summed E-state index contributed by atoms with van der Waals surface area (Å²) in [6.45, 7) is 6.66. The summed E-state index contributed by atoms with van der Waals surface area (Å²) >= 11 is 0. The molecule has 3 nitrogen and oxygen atoms in total. The van der Waals surface area contributed by atoms with Gasteiger partial charge in [0.2, 0.25) is 0 Å². The first kappa shape index (κ1) is 18.6. The number of furan rings is 1. The molecule has 8 rings (SSSR count). The highest BCUT2D eigenvalue weighted by Gasteiger charge is 2.42. The average molecular weight is 457 g/mol. The van der Waals surface area contributed by atoms with Gasteiger partial charge in [0.1, 0.15) is 34.2 Å². The van der Waals surface area contributed by atoms with Crippen LogP contribution in [0.5, 0.6) is 23.0 Å². The summed E-state index contributed by atoms with van der Waals surface area (Å²) in [5, 5.41) is 2.29. The number of benzene rings is 4. The molecule has 1 aliphatic carbocycles. The third-order valence-electron chi connectivity index (χ3n) is 8.04. The standard InChI is InChI=1S/C31H25BO3/c1-31(2,3)18-11-13-22-21(16-18)32-28-24(33-22)8-5-9-25(28)34-26-15-14-23-27(29(26)32)20-12-10-17-6-4-7-19(17)30(20)35-23/h5,8-16H,4,6-7H2,1-3H3/i5D. The van der Waals surface area contributed by atoms with Crippen LogP contribution in [-0.4, -0.2) is 6.71 Å². The molecule has 0 unspecified atom stereocenters. The number of fused-ring (bicyclic) bond motifs is 10. The summed E-state index contributed by atoms with van der Waals surface area (Å²) in [4.78, 5) is 0. The number of hydrogen-bond acceptors (Lipinski definition) is 3. The SMILES string of the molecule is [2H]c1cc2c3c(c1)Oc1ccc4oc5c6c(ccc5c4c1B3c1cc(C(C)(C)C)ccc1O2)CCC6. The normalized spacial score (nSPS) is 15.7. The van der Waals surface area contributed by atoms with E-state index in [1.807, 2.05) is 12.1 Å². The molecule has 3 heterocycles. The molecule has 170 valence electrons. The van der Waals surface area contributed by atoms with Crippen molar-refractivity contribution in [1.82, 2.24) is 0 Å². The maximum atomic E-state index is 8.36. The molecule has 2 aliphatic heterocycles. The molecule has 35 heavy (non-hydrogen) atoms. The fourth-order valence-corrected chi connectivity index (χ4v) is 6.32. The van der Waals surface area contributed by atoms with E-state index in [0.29, 0.717) is 17.5 Å². The van der Waals surface area contributed by atoms with E-state index < -0.39 is 0 Å². The molecular weight excluding hydrogens is 431 g/mol. The van der Waals surface area contributed by atoms with Crippen LogP contribution in [0, 0.1) is 0 Å². The molecule has 5 aromatic rings. The Morgan fingerprint density at radius 3 is 2.43 bits per heavy atom. The van der Waals surface area contributed by atoms with Crippen LogP contribution in [0.3, 0.4) is 0 Å². The van der Waals surface area contributed by atoms with E-state index in [0.717, 1.165) is 62.7 Å². The van der Waals surface area contributed by atoms with E-state index in [1.54, 1.807) is 12.1 Å². The van der Waals surface area contributed by atoms with Crippen LogP contribution >= 0.6 is 0 Å². The van der Waals surface area contributed by atoms with Crippen molar-refractivity contribution < 1.29 is 15.3 Å². The van der Waals surface area contributed by atoms with Gasteiger partial charge in [0.05, 0.1) is 1.37 Å². The van der Waals surface area contributed by atoms with Gasteiger partial charge in [0.25, 0.3) is 6.71 Å². The third-order valence-corrected chi connectivity index (χ3v) is 8.04. The number of hydrogen-bond donors (Lipinski definition) is 0. The highest BCUT2D eigenvalue weighted by Crippen LogP contribution is 2.41. The maximum absolute atomic E-state index is 8.36. The van der Waals surface area contributed by atoms with Crippen molar-refractivity contribution in [3.8, 4) is 23.0 Å². The minimum absolute atomic E-state index is 0.00602. The first-order chi connectivity index (χ1) is 17.4. The lowest BCUT2D eigenvalue weighted by Gasteiger charge is -2.34. The van der Waals surface area contributed by atoms with E-state index in [-0.39, 0.29) is 12.1 Å². The van der Waals surface area contributed by atoms with Crippen LogP contribution in [0.2, 0.25) is 0 Å². The third kappa shape index (κ3) is 2.57. The predicted octanol–water partition coefficient (Wildman–Crippen LogP) is 6.10. The number of aryl methyl sites for hydroxylation is 2. The average Bonchev–Trinajstić information content (AvgIpc) is 3.46. The van der Waals surface area contributed by atoms with Crippen molar-refractivity contribution in [2.45, 2.75) is 45.4 Å². The van der Waals surface area contributed by atoms with E-state index in [2.05, 4.69) is 51.1 Å². The molecule has 4 aromatic carbocycles. The quantitative estimate of drug-likeness (QED) is 0.258. The Hall–Kier alpha value is -3.66. The van der Waals surface area contributed by atoms with Gasteiger partial charge in [0, 0.05) is 16.2 Å². The van der Waals surface area contributed by atoms with Gasteiger partial charge in [-0.1, -0.05) is 51.1 Å². The van der Waals surface area contributed by atoms with Crippen LogP contribution in [0.4, 0.5) is 0 Å². The molecule has 0 radical (unpaired) electrons. The number of rotatable bonds is 0. The largest absolute Gasteiger partial charge is 0.458 e. The van der Waals surface area contributed by atoms with Crippen LogP contribution in [0.25, 0.3) is 21.9 Å². The molecular formula is C31H25BO3. The van der Waals surface area contributed by atoms with E-state index in [1.165, 1.54) is 23.1 Å². The summed E-state index contributed by atoms with van der Waals surface area (Å²) in [5.74, 6) is 3.08. The second-order valence-electron chi connectivity index (χ2n) is 11.1. The molecule has 4 heteroatoms. The van der Waals surface area contributed by atoms with Crippen molar-refractivity contribution in [3.05, 3.63) is 77.3 Å². The molecule has 0 bridgehead atoms. The molecule has 1 aromatic heterocycles. The molecule has 0 saturated heterocycles. The highest BCUT2D eigenvalue weighted by molar-refractivity contribution is 6.99. The van der Waals surface area contributed by atoms with Crippen molar-refractivity contribution in [2.24, 2.45) is 0 Å². The summed E-state index contributed by atoms with van der Waals surface area (Å²) in [6.07, 6.45) is 3.37. The molecule has 0 N–H and O–H groups in total. The minimum Gasteiger partial charge on any atom is -0.458 e. The lowest BCUT2D eigenvalue weighted by molar-refractivity contribution is 0.464. The van der Waals surface area contributed by atoms with Crippen molar-refractivity contribution in [2.75, 3.05) is 0 Å². The zero-order chi connectivity index (χ0) is 24.3. The second kappa shape index (κ2) is 6.51. The fourth-order valence-electron chi connectivity index (χ4n) is 6.32. The topological polar surface area (TPSA) is 31.6 Å². The van der Waals surface area contributed by atoms with Gasteiger partial charge in [-0.05, 0) is 82.6 Å². The van der Waals surface area contributed by atoms with Crippen molar-refractivity contribution in [3.63, 3.8) is 0 Å². The smallest absolute Gasteiger partial charge is 0.261 e. The van der Waals surface area contributed by atoms with Crippen molar-refractivity contribution >= 4 is 45.0 Å². The minimum atomic E-state index is -0.0665. The second-order valence-corrected chi connectivity index (χ2v) is 11.1. The van der Waals surface area contributed by atoms with Gasteiger partial charge in [-0.2, -0.15) is 0 Å². The van der Waals surface area contributed by atoms with Crippen molar-refractivity contribution in [1.29, 1.82) is 0 Å². The van der Waals surface area contributed by atoms with Gasteiger partial charge < -0.3 is 13.9 Å². The molecule has 3 aliphatic rings. The Kier molecular flexibility index (Phi) is 3.47.